The van der Waals surface area contributed by atoms with Crippen LogP contribution in [0.2, 0.25) is 5.02 Å². The molecule has 3 N–H and O–H groups in total. The Morgan fingerprint density at radius 1 is 1.33 bits per heavy atom. The zero-order chi connectivity index (χ0) is 13.0. The van der Waals surface area contributed by atoms with Crippen molar-refractivity contribution in [2.24, 2.45) is 5.73 Å². The molecule has 0 spiro atoms. The molecule has 0 unspecified atom stereocenters. The van der Waals surface area contributed by atoms with Gasteiger partial charge in [-0.05, 0) is 48.0 Å². The summed E-state index contributed by atoms with van der Waals surface area (Å²) >= 11 is 5.91. The summed E-state index contributed by atoms with van der Waals surface area (Å²) in [7, 11) is 0. The predicted molar refractivity (Wildman–Crippen MR) is 68.2 cm³/mol. The topological polar surface area (TPSA) is 89.9 Å². The van der Waals surface area contributed by atoms with Gasteiger partial charge in [0.15, 0.2) is 5.82 Å². The van der Waals surface area contributed by atoms with Crippen LogP contribution in [0.15, 0.2) is 18.2 Å². The van der Waals surface area contributed by atoms with E-state index < -0.39 is 0 Å². The van der Waals surface area contributed by atoms with Gasteiger partial charge in [-0.25, -0.2) is 4.68 Å². The average molecular weight is 268 g/mol. The number of aromatic nitrogens is 4. The highest BCUT2D eigenvalue weighted by molar-refractivity contribution is 6.30. The van der Waals surface area contributed by atoms with E-state index in [2.05, 4.69) is 15.5 Å². The lowest BCUT2D eigenvalue weighted by molar-refractivity contribution is 0.475. The lowest BCUT2D eigenvalue weighted by Gasteiger charge is -2.06. The summed E-state index contributed by atoms with van der Waals surface area (Å²) in [5, 5.41) is 21.8. The third kappa shape index (κ3) is 2.77. The van der Waals surface area contributed by atoms with Gasteiger partial charge < -0.3 is 10.8 Å². The number of unbranched alkanes of at least 4 members (excludes halogenated alkanes) is 1. The number of halogens is 1. The van der Waals surface area contributed by atoms with Crippen LogP contribution in [0.5, 0.6) is 5.75 Å². The molecule has 7 heteroatoms. The Hall–Kier alpha value is -1.66. The molecule has 0 saturated heterocycles. The molecule has 0 aliphatic carbocycles. The summed E-state index contributed by atoms with van der Waals surface area (Å²) in [6.45, 7) is 1.30. The quantitative estimate of drug-likeness (QED) is 0.800. The van der Waals surface area contributed by atoms with Crippen LogP contribution in [-0.4, -0.2) is 31.9 Å². The van der Waals surface area contributed by atoms with Crippen molar-refractivity contribution in [3.05, 3.63) is 23.2 Å². The molecule has 96 valence electrons. The molecule has 0 saturated carbocycles. The maximum atomic E-state index is 9.82. The van der Waals surface area contributed by atoms with Gasteiger partial charge in [0.1, 0.15) is 5.75 Å². The minimum absolute atomic E-state index is 0.106. The molecule has 0 bridgehead atoms. The van der Waals surface area contributed by atoms with Gasteiger partial charge >= 0.3 is 0 Å². The van der Waals surface area contributed by atoms with Crippen LogP contribution in [0.4, 0.5) is 0 Å². The van der Waals surface area contributed by atoms with Crippen LogP contribution in [0.25, 0.3) is 11.4 Å². The highest BCUT2D eigenvalue weighted by atomic mass is 35.5. The van der Waals surface area contributed by atoms with Crippen LogP contribution in [0.1, 0.15) is 12.8 Å². The first kappa shape index (κ1) is 12.8. The van der Waals surface area contributed by atoms with Gasteiger partial charge in [-0.1, -0.05) is 11.6 Å². The molecular formula is C11H14ClN5O. The lowest BCUT2D eigenvalue weighted by Crippen LogP contribution is -2.06. The Morgan fingerprint density at radius 2 is 2.17 bits per heavy atom. The summed E-state index contributed by atoms with van der Waals surface area (Å²) in [6.07, 6.45) is 1.79. The normalized spacial score (nSPS) is 10.8. The second-order valence-corrected chi connectivity index (χ2v) is 4.32. The summed E-state index contributed by atoms with van der Waals surface area (Å²) in [4.78, 5) is 0. The first-order valence-electron chi connectivity index (χ1n) is 5.67. The molecule has 0 aliphatic heterocycles. The Bertz CT molecular complexity index is 528. The smallest absolute Gasteiger partial charge is 0.185 e. The monoisotopic (exact) mass is 267 g/mol. The number of hydrogen-bond donors (Lipinski definition) is 2. The van der Waals surface area contributed by atoms with E-state index in [0.717, 1.165) is 12.8 Å². The minimum Gasteiger partial charge on any atom is -0.507 e. The molecule has 1 aromatic heterocycles. The van der Waals surface area contributed by atoms with Crippen LogP contribution < -0.4 is 5.73 Å². The van der Waals surface area contributed by atoms with Crippen LogP contribution >= 0.6 is 11.6 Å². The number of tetrazole rings is 1. The van der Waals surface area contributed by atoms with Gasteiger partial charge in [-0.2, -0.15) is 0 Å². The van der Waals surface area contributed by atoms with E-state index in [0.29, 0.717) is 29.5 Å². The molecule has 0 atom stereocenters. The average Bonchev–Trinajstić information content (AvgIpc) is 2.81. The van der Waals surface area contributed by atoms with Crippen molar-refractivity contribution < 1.29 is 5.11 Å². The molecular weight excluding hydrogens is 254 g/mol. The van der Waals surface area contributed by atoms with E-state index in [9.17, 15) is 5.11 Å². The molecule has 2 rings (SSSR count). The standard InChI is InChI=1S/C11H14ClN5O/c12-8-3-4-10(18)9(7-8)11-14-15-16-17(11)6-2-1-5-13/h3-4,7,18H,1-2,5-6,13H2. The third-order valence-electron chi connectivity index (χ3n) is 2.56. The summed E-state index contributed by atoms with van der Waals surface area (Å²) in [6, 6.07) is 4.78. The zero-order valence-electron chi connectivity index (χ0n) is 9.75. The molecule has 0 fully saturated rings. The highest BCUT2D eigenvalue weighted by Crippen LogP contribution is 2.29. The highest BCUT2D eigenvalue weighted by Gasteiger charge is 2.13. The predicted octanol–water partition coefficient (Wildman–Crippen LogP) is 1.44. The van der Waals surface area contributed by atoms with Crippen LogP contribution in [0.3, 0.4) is 0 Å². The van der Waals surface area contributed by atoms with Gasteiger partial charge in [0.25, 0.3) is 0 Å². The zero-order valence-corrected chi connectivity index (χ0v) is 10.5. The van der Waals surface area contributed by atoms with E-state index in [1.807, 2.05) is 0 Å². The Balaban J connectivity index is 2.27. The first-order valence-corrected chi connectivity index (χ1v) is 6.05. The van der Waals surface area contributed by atoms with Crippen molar-refractivity contribution >= 4 is 11.6 Å². The van der Waals surface area contributed by atoms with Gasteiger partial charge in [0.05, 0.1) is 5.56 Å². The van der Waals surface area contributed by atoms with Crippen molar-refractivity contribution in [2.45, 2.75) is 19.4 Å². The molecule has 0 aliphatic rings. The number of aryl methyl sites for hydroxylation is 1. The largest absolute Gasteiger partial charge is 0.507 e. The maximum Gasteiger partial charge on any atom is 0.185 e. The van der Waals surface area contributed by atoms with Gasteiger partial charge in [0.2, 0.25) is 0 Å². The number of rotatable bonds is 5. The van der Waals surface area contributed by atoms with E-state index in [-0.39, 0.29) is 5.75 Å². The second-order valence-electron chi connectivity index (χ2n) is 3.88. The third-order valence-corrected chi connectivity index (χ3v) is 2.79. The number of phenolic OH excluding ortho intramolecular Hbond substituents is 1. The lowest BCUT2D eigenvalue weighted by atomic mass is 10.2. The maximum absolute atomic E-state index is 9.82. The van der Waals surface area contributed by atoms with E-state index in [1.54, 1.807) is 16.8 Å². The fourth-order valence-corrected chi connectivity index (χ4v) is 1.81. The Labute approximate surface area is 109 Å². The summed E-state index contributed by atoms with van der Waals surface area (Å²) in [5.74, 6) is 0.612. The first-order chi connectivity index (χ1) is 8.72. The summed E-state index contributed by atoms with van der Waals surface area (Å²) in [5.41, 5.74) is 5.97. The fraction of sp³-hybridized carbons (Fsp3) is 0.364. The molecule has 0 radical (unpaired) electrons. The number of benzene rings is 1. The van der Waals surface area contributed by atoms with Crippen LogP contribution in [-0.2, 0) is 6.54 Å². The van der Waals surface area contributed by atoms with Crippen molar-refractivity contribution in [2.75, 3.05) is 6.54 Å². The van der Waals surface area contributed by atoms with E-state index in [4.69, 9.17) is 17.3 Å². The number of aromatic hydroxyl groups is 1. The van der Waals surface area contributed by atoms with Gasteiger partial charge in [0, 0.05) is 11.6 Å². The Morgan fingerprint density at radius 3 is 2.94 bits per heavy atom. The number of nitrogens with zero attached hydrogens (tertiary/aromatic N) is 4. The summed E-state index contributed by atoms with van der Waals surface area (Å²) < 4.78 is 1.64. The number of phenols is 1. The molecule has 2 aromatic rings. The van der Waals surface area contributed by atoms with E-state index >= 15 is 0 Å². The molecule has 0 amide bonds. The van der Waals surface area contributed by atoms with Gasteiger partial charge in [-0.15, -0.1) is 5.10 Å². The molecule has 6 nitrogen and oxygen atoms in total. The van der Waals surface area contributed by atoms with Gasteiger partial charge in [-0.3, -0.25) is 0 Å². The van der Waals surface area contributed by atoms with E-state index in [1.165, 1.54) is 6.07 Å². The molecule has 1 heterocycles. The molecule has 18 heavy (non-hydrogen) atoms. The van der Waals surface area contributed by atoms with Crippen molar-refractivity contribution in [3.63, 3.8) is 0 Å². The Kier molecular flexibility index (Phi) is 4.11. The minimum atomic E-state index is 0.106. The second kappa shape index (κ2) is 5.79. The number of nitrogens with two attached hydrogens (primary N) is 1. The van der Waals surface area contributed by atoms with Crippen molar-refractivity contribution in [1.82, 2.24) is 20.2 Å². The van der Waals surface area contributed by atoms with Crippen LogP contribution in [0, 0.1) is 0 Å². The fourth-order valence-electron chi connectivity index (χ4n) is 1.64. The van der Waals surface area contributed by atoms with Crippen molar-refractivity contribution in [1.29, 1.82) is 0 Å². The SMILES string of the molecule is NCCCCn1nnnc1-c1cc(Cl)ccc1O. The molecule has 1 aromatic carbocycles. The number of hydrogen-bond acceptors (Lipinski definition) is 5. The van der Waals surface area contributed by atoms with Crippen molar-refractivity contribution in [3.8, 4) is 17.1 Å².